The maximum Gasteiger partial charge on any atom is 0.239 e. The Hall–Kier alpha value is -0.570. The van der Waals surface area contributed by atoms with Gasteiger partial charge in [0.05, 0.1) is 6.04 Å². The Kier molecular flexibility index (Phi) is 3.53. The van der Waals surface area contributed by atoms with Crippen molar-refractivity contribution in [2.45, 2.75) is 64.6 Å². The second kappa shape index (κ2) is 4.74. The molecule has 0 bridgehead atoms. The van der Waals surface area contributed by atoms with E-state index in [1.807, 2.05) is 0 Å². The molecule has 1 N–H and O–H groups in total. The van der Waals surface area contributed by atoms with Gasteiger partial charge in [-0.1, -0.05) is 13.8 Å². The van der Waals surface area contributed by atoms with E-state index in [-0.39, 0.29) is 6.04 Å². The topological polar surface area (TPSA) is 32.3 Å². The minimum atomic E-state index is 0.0995. The third kappa shape index (κ3) is 2.57. The number of nitrogens with zero attached hydrogens (tertiary/aromatic N) is 1. The van der Waals surface area contributed by atoms with Crippen molar-refractivity contribution in [2.24, 2.45) is 5.92 Å². The van der Waals surface area contributed by atoms with Gasteiger partial charge < -0.3 is 10.2 Å². The molecule has 1 amide bonds. The molecule has 0 aromatic rings. The van der Waals surface area contributed by atoms with Crippen LogP contribution in [0, 0.1) is 5.92 Å². The van der Waals surface area contributed by atoms with E-state index in [1.165, 1.54) is 12.8 Å². The molecular formula is C13H24N2O. The Morgan fingerprint density at radius 3 is 2.50 bits per heavy atom. The summed E-state index contributed by atoms with van der Waals surface area (Å²) in [6.07, 6.45) is 4.68. The lowest BCUT2D eigenvalue weighted by molar-refractivity contribution is -0.139. The highest BCUT2D eigenvalue weighted by atomic mass is 16.2. The van der Waals surface area contributed by atoms with E-state index in [9.17, 15) is 4.79 Å². The molecular weight excluding hydrogens is 200 g/mol. The fourth-order valence-corrected chi connectivity index (χ4v) is 2.35. The van der Waals surface area contributed by atoms with Gasteiger partial charge in [0.15, 0.2) is 0 Å². The number of piperidine rings is 1. The van der Waals surface area contributed by atoms with Crippen molar-refractivity contribution in [3.8, 4) is 0 Å². The molecule has 2 atom stereocenters. The second-order valence-corrected chi connectivity index (χ2v) is 5.65. The first-order chi connectivity index (χ1) is 7.59. The van der Waals surface area contributed by atoms with E-state index in [1.54, 1.807) is 0 Å². The fourth-order valence-electron chi connectivity index (χ4n) is 2.35. The van der Waals surface area contributed by atoms with Crippen molar-refractivity contribution in [1.82, 2.24) is 10.2 Å². The van der Waals surface area contributed by atoms with Crippen molar-refractivity contribution in [3.05, 3.63) is 0 Å². The first kappa shape index (κ1) is 11.9. The summed E-state index contributed by atoms with van der Waals surface area (Å²) in [6, 6.07) is 1.10. The maximum absolute atomic E-state index is 12.3. The Morgan fingerprint density at radius 1 is 1.25 bits per heavy atom. The number of nitrogens with one attached hydrogen (secondary N) is 1. The Balaban J connectivity index is 1.95. The first-order valence-electron chi connectivity index (χ1n) is 6.66. The molecule has 1 aliphatic carbocycles. The molecule has 2 fully saturated rings. The third-order valence-electron chi connectivity index (χ3n) is 3.94. The molecule has 3 heteroatoms. The number of rotatable bonds is 4. The molecule has 2 unspecified atom stereocenters. The van der Waals surface area contributed by atoms with Crippen molar-refractivity contribution >= 4 is 5.91 Å². The van der Waals surface area contributed by atoms with Crippen LogP contribution in [0.2, 0.25) is 0 Å². The Labute approximate surface area is 98.6 Å². The summed E-state index contributed by atoms with van der Waals surface area (Å²) < 4.78 is 0. The third-order valence-corrected chi connectivity index (χ3v) is 3.94. The van der Waals surface area contributed by atoms with E-state index in [0.29, 0.717) is 23.9 Å². The van der Waals surface area contributed by atoms with Crippen LogP contribution in [0.15, 0.2) is 0 Å². The summed E-state index contributed by atoms with van der Waals surface area (Å²) in [5.41, 5.74) is 0. The number of carbonyl (C=O) groups is 1. The molecule has 3 nitrogen and oxygen atoms in total. The van der Waals surface area contributed by atoms with Crippen LogP contribution in [-0.4, -0.2) is 35.5 Å². The first-order valence-corrected chi connectivity index (χ1v) is 6.66. The number of likely N-dealkylation sites (tertiary alicyclic amines) is 1. The Morgan fingerprint density at radius 2 is 1.94 bits per heavy atom. The van der Waals surface area contributed by atoms with E-state index >= 15 is 0 Å². The molecule has 16 heavy (non-hydrogen) atoms. The van der Waals surface area contributed by atoms with Gasteiger partial charge in [0.2, 0.25) is 5.91 Å². The number of amides is 1. The van der Waals surface area contributed by atoms with Crippen LogP contribution < -0.4 is 5.32 Å². The largest absolute Gasteiger partial charge is 0.338 e. The summed E-state index contributed by atoms with van der Waals surface area (Å²) >= 11 is 0. The average Bonchev–Trinajstić information content (AvgIpc) is 3.04. The van der Waals surface area contributed by atoms with Crippen molar-refractivity contribution in [1.29, 1.82) is 0 Å². The van der Waals surface area contributed by atoms with E-state index < -0.39 is 0 Å². The minimum Gasteiger partial charge on any atom is -0.338 e. The molecule has 1 aliphatic heterocycles. The predicted molar refractivity (Wildman–Crippen MR) is 65.2 cm³/mol. The molecule has 1 saturated carbocycles. The van der Waals surface area contributed by atoms with Crippen LogP contribution in [0.3, 0.4) is 0 Å². The highest BCUT2D eigenvalue weighted by molar-refractivity contribution is 5.83. The molecule has 0 aromatic heterocycles. The van der Waals surface area contributed by atoms with Crippen molar-refractivity contribution in [2.75, 3.05) is 6.54 Å². The van der Waals surface area contributed by atoms with Gasteiger partial charge in [0.25, 0.3) is 0 Å². The van der Waals surface area contributed by atoms with Gasteiger partial charge in [-0.05, 0) is 38.5 Å². The smallest absolute Gasteiger partial charge is 0.239 e. The van der Waals surface area contributed by atoms with E-state index in [4.69, 9.17) is 0 Å². The average molecular weight is 224 g/mol. The normalized spacial score (nSPS) is 28.6. The highest BCUT2D eigenvalue weighted by Gasteiger charge is 2.35. The van der Waals surface area contributed by atoms with Gasteiger partial charge in [-0.25, -0.2) is 0 Å². The molecule has 2 aliphatic rings. The summed E-state index contributed by atoms with van der Waals surface area (Å²) in [4.78, 5) is 14.4. The Bertz CT molecular complexity index is 261. The van der Waals surface area contributed by atoms with E-state index in [0.717, 1.165) is 19.4 Å². The zero-order valence-corrected chi connectivity index (χ0v) is 10.7. The van der Waals surface area contributed by atoms with E-state index in [2.05, 4.69) is 31.0 Å². The van der Waals surface area contributed by atoms with Gasteiger partial charge in [0.1, 0.15) is 0 Å². The zero-order valence-electron chi connectivity index (χ0n) is 10.7. The van der Waals surface area contributed by atoms with Crippen LogP contribution in [0.25, 0.3) is 0 Å². The van der Waals surface area contributed by atoms with Crippen LogP contribution in [-0.2, 0) is 4.79 Å². The van der Waals surface area contributed by atoms with Crippen LogP contribution in [0.5, 0.6) is 0 Å². The van der Waals surface area contributed by atoms with Gasteiger partial charge in [-0.2, -0.15) is 0 Å². The van der Waals surface area contributed by atoms with Crippen molar-refractivity contribution < 1.29 is 4.79 Å². The highest BCUT2D eigenvalue weighted by Crippen LogP contribution is 2.24. The molecule has 1 heterocycles. The number of hydrogen-bond donors (Lipinski definition) is 1. The molecule has 2 rings (SSSR count). The van der Waals surface area contributed by atoms with Gasteiger partial charge in [0, 0.05) is 18.6 Å². The lowest BCUT2D eigenvalue weighted by atomic mass is 9.98. The molecule has 0 spiro atoms. The quantitative estimate of drug-likeness (QED) is 0.789. The molecule has 92 valence electrons. The summed E-state index contributed by atoms with van der Waals surface area (Å²) in [6.45, 7) is 7.49. The maximum atomic E-state index is 12.3. The minimum absolute atomic E-state index is 0.0995. The number of hydrogen-bond acceptors (Lipinski definition) is 2. The van der Waals surface area contributed by atoms with Crippen LogP contribution in [0.1, 0.15) is 46.5 Å². The summed E-state index contributed by atoms with van der Waals surface area (Å²) in [5, 5.41) is 3.48. The number of carbonyl (C=O) groups excluding carboxylic acids is 1. The van der Waals surface area contributed by atoms with Crippen LogP contribution >= 0.6 is 0 Å². The summed E-state index contributed by atoms with van der Waals surface area (Å²) in [5.74, 6) is 0.878. The lowest BCUT2D eigenvalue weighted by Crippen LogP contribution is -2.55. The second-order valence-electron chi connectivity index (χ2n) is 5.65. The molecule has 0 aromatic carbocycles. The van der Waals surface area contributed by atoms with Gasteiger partial charge in [-0.3, -0.25) is 4.79 Å². The van der Waals surface area contributed by atoms with Gasteiger partial charge >= 0.3 is 0 Å². The molecule has 1 saturated heterocycles. The SMILES string of the molecule is CC(C)C(C)N1CCCC(NC2CC2)C1=O. The monoisotopic (exact) mass is 224 g/mol. The van der Waals surface area contributed by atoms with Gasteiger partial charge in [-0.15, -0.1) is 0 Å². The standard InChI is InChI=1S/C13H24N2O/c1-9(2)10(3)15-8-4-5-12(13(15)16)14-11-6-7-11/h9-12,14H,4-8H2,1-3H3. The lowest BCUT2D eigenvalue weighted by Gasteiger charge is -2.38. The fraction of sp³-hybridized carbons (Fsp3) is 0.923. The summed E-state index contributed by atoms with van der Waals surface area (Å²) in [7, 11) is 0. The molecule has 0 radical (unpaired) electrons. The zero-order chi connectivity index (χ0) is 11.7. The van der Waals surface area contributed by atoms with Crippen LogP contribution in [0.4, 0.5) is 0 Å². The van der Waals surface area contributed by atoms with Crippen molar-refractivity contribution in [3.63, 3.8) is 0 Å². The predicted octanol–water partition coefficient (Wildman–Crippen LogP) is 1.77.